The molecule has 0 heterocycles. The third-order valence-electron chi connectivity index (χ3n) is 11.3. The van der Waals surface area contributed by atoms with Crippen molar-refractivity contribution in [3.63, 3.8) is 0 Å². The van der Waals surface area contributed by atoms with Gasteiger partial charge in [-0.25, -0.2) is 0 Å². The minimum absolute atomic E-state index is 0.0886. The summed E-state index contributed by atoms with van der Waals surface area (Å²) < 4.78 is 6.45. The summed E-state index contributed by atoms with van der Waals surface area (Å²) in [5.74, 6) is 5.23. The SMILES string of the molecule is CO[C@]12C[C@@H](Cl)CC[C@]1(C)[C@H]1CC[C@]3(C)[C@@H]([C@H](C)CCCC(C)C)CC[C@H]3[C@@H]1C[C@H]2Br. The van der Waals surface area contributed by atoms with Crippen molar-refractivity contribution in [2.75, 3.05) is 7.11 Å². The molecule has 3 heteroatoms. The van der Waals surface area contributed by atoms with Gasteiger partial charge < -0.3 is 4.74 Å². The Hall–Kier alpha value is 0.730. The normalized spacial score (nSPS) is 50.6. The Morgan fingerprint density at radius 3 is 2.42 bits per heavy atom. The first-order valence-corrected chi connectivity index (χ1v) is 14.8. The van der Waals surface area contributed by atoms with Gasteiger partial charge in [-0.3, -0.25) is 0 Å². The van der Waals surface area contributed by atoms with Gasteiger partial charge in [0, 0.05) is 22.7 Å². The van der Waals surface area contributed by atoms with Crippen LogP contribution in [0, 0.1) is 46.3 Å². The molecule has 0 amide bonds. The molecule has 4 aliphatic rings. The topological polar surface area (TPSA) is 9.23 Å². The molecule has 0 aromatic rings. The van der Waals surface area contributed by atoms with Gasteiger partial charge >= 0.3 is 0 Å². The smallest absolute Gasteiger partial charge is 0.0873 e. The Kier molecular flexibility index (Phi) is 7.27. The molecule has 0 aromatic heterocycles. The molecule has 4 rings (SSSR count). The van der Waals surface area contributed by atoms with Crippen LogP contribution in [-0.4, -0.2) is 22.9 Å². The van der Waals surface area contributed by atoms with Crippen molar-refractivity contribution in [2.45, 2.75) is 121 Å². The number of methoxy groups -OCH3 is 1. The number of ether oxygens (including phenoxy) is 1. The van der Waals surface area contributed by atoms with Crippen LogP contribution in [0.1, 0.15) is 105 Å². The van der Waals surface area contributed by atoms with Gasteiger partial charge in [0.2, 0.25) is 0 Å². The summed E-state index contributed by atoms with van der Waals surface area (Å²) >= 11 is 10.9. The van der Waals surface area contributed by atoms with E-state index in [1.807, 2.05) is 7.11 Å². The van der Waals surface area contributed by atoms with Gasteiger partial charge in [0.1, 0.15) is 0 Å². The molecule has 31 heavy (non-hydrogen) atoms. The minimum Gasteiger partial charge on any atom is -0.376 e. The molecule has 0 saturated heterocycles. The molecule has 0 N–H and O–H groups in total. The number of hydrogen-bond acceptors (Lipinski definition) is 1. The Morgan fingerprint density at radius 2 is 1.74 bits per heavy atom. The summed E-state index contributed by atoms with van der Waals surface area (Å²) in [7, 11) is 1.96. The van der Waals surface area contributed by atoms with E-state index in [0.717, 1.165) is 48.3 Å². The second kappa shape index (κ2) is 9.07. The van der Waals surface area contributed by atoms with E-state index in [2.05, 4.69) is 50.5 Å². The predicted octanol–water partition coefficient (Wildman–Crippen LogP) is 8.86. The van der Waals surface area contributed by atoms with Crippen molar-refractivity contribution >= 4 is 27.5 Å². The molecule has 180 valence electrons. The summed E-state index contributed by atoms with van der Waals surface area (Å²) in [6.45, 7) is 12.6. The molecule has 1 nitrogen and oxygen atoms in total. The fraction of sp³-hybridized carbons (Fsp3) is 1.00. The van der Waals surface area contributed by atoms with Crippen LogP contribution in [0.5, 0.6) is 0 Å². The lowest BCUT2D eigenvalue weighted by Gasteiger charge is -2.66. The number of halogens is 2. The van der Waals surface area contributed by atoms with Gasteiger partial charge in [0.15, 0.2) is 0 Å². The van der Waals surface area contributed by atoms with E-state index < -0.39 is 0 Å². The highest BCUT2D eigenvalue weighted by Crippen LogP contribution is 2.70. The molecule has 0 aromatic carbocycles. The third-order valence-corrected chi connectivity index (χ3v) is 12.8. The van der Waals surface area contributed by atoms with E-state index in [1.54, 1.807) is 0 Å². The lowest BCUT2D eigenvalue weighted by atomic mass is 9.43. The van der Waals surface area contributed by atoms with E-state index in [-0.39, 0.29) is 16.4 Å². The van der Waals surface area contributed by atoms with E-state index in [9.17, 15) is 0 Å². The van der Waals surface area contributed by atoms with Gasteiger partial charge in [0.25, 0.3) is 0 Å². The average molecular weight is 516 g/mol. The van der Waals surface area contributed by atoms with Crippen LogP contribution in [-0.2, 0) is 4.74 Å². The minimum atomic E-state index is -0.0886. The summed E-state index contributed by atoms with van der Waals surface area (Å²) in [6.07, 6.45) is 14.7. The van der Waals surface area contributed by atoms with Crippen molar-refractivity contribution in [3.05, 3.63) is 0 Å². The Morgan fingerprint density at radius 1 is 1.00 bits per heavy atom. The fourth-order valence-electron chi connectivity index (χ4n) is 9.62. The molecule has 0 unspecified atom stereocenters. The van der Waals surface area contributed by atoms with Gasteiger partial charge in [-0.05, 0) is 92.3 Å². The van der Waals surface area contributed by atoms with Gasteiger partial charge in [-0.1, -0.05) is 69.8 Å². The Bertz CT molecular complexity index is 639. The van der Waals surface area contributed by atoms with Crippen molar-refractivity contribution < 1.29 is 4.74 Å². The lowest BCUT2D eigenvalue weighted by molar-refractivity contribution is -0.212. The van der Waals surface area contributed by atoms with Crippen molar-refractivity contribution in [1.82, 2.24) is 0 Å². The van der Waals surface area contributed by atoms with Gasteiger partial charge in [-0.15, -0.1) is 11.6 Å². The zero-order chi connectivity index (χ0) is 22.6. The Balaban J connectivity index is 1.55. The molecule has 4 aliphatic carbocycles. The van der Waals surface area contributed by atoms with Crippen molar-refractivity contribution in [2.24, 2.45) is 46.3 Å². The zero-order valence-corrected chi connectivity index (χ0v) is 23.4. The summed E-state index contributed by atoms with van der Waals surface area (Å²) in [4.78, 5) is 0.433. The van der Waals surface area contributed by atoms with E-state index in [4.69, 9.17) is 16.3 Å². The predicted molar refractivity (Wildman–Crippen MR) is 137 cm³/mol. The van der Waals surface area contributed by atoms with Gasteiger partial charge in [0.05, 0.1) is 5.60 Å². The zero-order valence-electron chi connectivity index (χ0n) is 21.1. The highest BCUT2D eigenvalue weighted by atomic mass is 79.9. The fourth-order valence-corrected chi connectivity index (χ4v) is 11.3. The van der Waals surface area contributed by atoms with E-state index in [1.165, 1.54) is 57.8 Å². The number of fused-ring (bicyclic) bond motifs is 5. The first-order chi connectivity index (χ1) is 14.6. The second-order valence-electron chi connectivity index (χ2n) is 13.0. The van der Waals surface area contributed by atoms with Crippen LogP contribution in [0.2, 0.25) is 0 Å². The van der Waals surface area contributed by atoms with Gasteiger partial charge in [-0.2, -0.15) is 0 Å². The van der Waals surface area contributed by atoms with Crippen LogP contribution in [0.4, 0.5) is 0 Å². The molecule has 10 atom stereocenters. The molecule has 4 saturated carbocycles. The van der Waals surface area contributed by atoms with Crippen LogP contribution in [0.3, 0.4) is 0 Å². The Labute approximate surface area is 206 Å². The number of hydrogen-bond donors (Lipinski definition) is 0. The monoisotopic (exact) mass is 514 g/mol. The number of alkyl halides is 2. The highest BCUT2D eigenvalue weighted by Gasteiger charge is 2.67. The molecule has 0 radical (unpaired) electrons. The largest absolute Gasteiger partial charge is 0.376 e. The van der Waals surface area contributed by atoms with Crippen molar-refractivity contribution in [3.8, 4) is 0 Å². The second-order valence-corrected chi connectivity index (χ2v) is 14.7. The quantitative estimate of drug-likeness (QED) is 0.321. The third kappa shape index (κ3) is 3.89. The van der Waals surface area contributed by atoms with Crippen molar-refractivity contribution in [1.29, 1.82) is 0 Å². The average Bonchev–Trinajstić information content (AvgIpc) is 3.06. The number of rotatable bonds is 6. The summed E-state index contributed by atoms with van der Waals surface area (Å²) in [5, 5.41) is 0.265. The first-order valence-electron chi connectivity index (χ1n) is 13.4. The molecule has 0 spiro atoms. The van der Waals surface area contributed by atoms with Crippen LogP contribution < -0.4 is 0 Å². The van der Waals surface area contributed by atoms with Crippen LogP contribution in [0.15, 0.2) is 0 Å². The maximum atomic E-state index is 6.73. The maximum Gasteiger partial charge on any atom is 0.0873 e. The first kappa shape index (κ1) is 24.8. The summed E-state index contributed by atoms with van der Waals surface area (Å²) in [5.41, 5.74) is 0.722. The van der Waals surface area contributed by atoms with Crippen LogP contribution >= 0.6 is 27.5 Å². The van der Waals surface area contributed by atoms with E-state index >= 15 is 0 Å². The summed E-state index contributed by atoms with van der Waals surface area (Å²) in [6, 6.07) is 0. The molecule has 0 aliphatic heterocycles. The highest BCUT2D eigenvalue weighted by molar-refractivity contribution is 9.09. The van der Waals surface area contributed by atoms with Crippen LogP contribution in [0.25, 0.3) is 0 Å². The molecular weight excluding hydrogens is 468 g/mol. The van der Waals surface area contributed by atoms with E-state index in [0.29, 0.717) is 10.2 Å². The molecule has 4 fully saturated rings. The lowest BCUT2D eigenvalue weighted by Crippen LogP contribution is -2.67. The molecular formula is C28H48BrClO. The molecule has 0 bridgehead atoms. The maximum absolute atomic E-state index is 6.73. The standard InChI is InChI=1S/C28H48BrClO/c1-18(2)8-7-9-19(3)22-10-11-23-21-16-25(29)28(31-6)17-20(30)12-15-27(28,5)24(21)13-14-26(22,23)4/h18-25H,7-17H2,1-6H3/t19-,20+,21+,22-,23+,24+,25-,26-,27-,28+/m1/s1.